The fourth-order valence-corrected chi connectivity index (χ4v) is 6.94. The van der Waals surface area contributed by atoms with E-state index in [1.807, 2.05) is 11.8 Å². The lowest BCUT2D eigenvalue weighted by atomic mass is 9.78. The van der Waals surface area contributed by atoms with Crippen LogP contribution in [0.4, 0.5) is 13.2 Å². The number of hydrogen-bond donors (Lipinski definition) is 0. The normalized spacial score (nSPS) is 21.3. The Morgan fingerprint density at radius 1 is 1.05 bits per heavy atom. The number of sulfonamides is 1. The maximum atomic E-state index is 13.5. The zero-order valence-electron chi connectivity index (χ0n) is 21.3. The average molecular weight is 573 g/mol. The number of hydrogen-bond acceptors (Lipinski definition) is 4. The van der Waals surface area contributed by atoms with Crippen molar-refractivity contribution in [1.82, 2.24) is 9.21 Å². The molecule has 0 aliphatic carbocycles. The lowest BCUT2D eigenvalue weighted by Gasteiger charge is -2.42. The first-order valence-electron chi connectivity index (χ1n) is 12.7. The van der Waals surface area contributed by atoms with Crippen LogP contribution in [-0.2, 0) is 21.0 Å². The Kier molecular flexibility index (Phi) is 8.64. The standard InChI is InChI=1S/C27H32ClF3N2O4S/c1-20-15-22(9-10-24(20)28)37-19-26(17-25(34)32-12-3-2-4-13-32)11-6-14-33(18-26)38(35,36)23-8-5-7-21(16-23)27(29,30)31/h5,7-10,15-16H,2-4,6,11-14,17-19H2,1H3. The van der Waals surface area contributed by atoms with Gasteiger partial charge in [-0.3, -0.25) is 4.79 Å². The molecule has 0 N–H and O–H groups in total. The van der Waals surface area contributed by atoms with Gasteiger partial charge in [0.25, 0.3) is 0 Å². The van der Waals surface area contributed by atoms with E-state index in [4.69, 9.17) is 16.3 Å². The highest BCUT2D eigenvalue weighted by Crippen LogP contribution is 2.39. The summed E-state index contributed by atoms with van der Waals surface area (Å²) in [5.41, 5.74) is -1.04. The molecule has 2 aromatic rings. The van der Waals surface area contributed by atoms with Crippen molar-refractivity contribution in [1.29, 1.82) is 0 Å². The molecule has 0 radical (unpaired) electrons. The molecule has 0 bridgehead atoms. The largest absolute Gasteiger partial charge is 0.493 e. The fourth-order valence-electron chi connectivity index (χ4n) is 5.18. The van der Waals surface area contributed by atoms with E-state index in [9.17, 15) is 26.4 Å². The number of carbonyl (C=O) groups is 1. The summed E-state index contributed by atoms with van der Waals surface area (Å²) in [4.78, 5) is 14.7. The predicted molar refractivity (Wildman–Crippen MR) is 139 cm³/mol. The second-order valence-electron chi connectivity index (χ2n) is 10.3. The van der Waals surface area contributed by atoms with Crippen molar-refractivity contribution in [2.24, 2.45) is 5.41 Å². The van der Waals surface area contributed by atoms with Crippen LogP contribution in [0, 0.1) is 12.3 Å². The Hall–Kier alpha value is -2.30. The van der Waals surface area contributed by atoms with Gasteiger partial charge in [0.2, 0.25) is 15.9 Å². The number of carbonyl (C=O) groups excluding carboxylic acids is 1. The van der Waals surface area contributed by atoms with Crippen molar-refractivity contribution in [3.05, 3.63) is 58.6 Å². The Labute approximate surface area is 226 Å². The molecular formula is C27H32ClF3N2O4S. The van der Waals surface area contributed by atoms with Gasteiger partial charge in [-0.15, -0.1) is 0 Å². The molecule has 0 aromatic heterocycles. The molecule has 2 heterocycles. The third kappa shape index (κ3) is 6.63. The number of piperidine rings is 2. The van der Waals surface area contributed by atoms with E-state index in [1.165, 1.54) is 10.4 Å². The third-order valence-corrected chi connectivity index (χ3v) is 9.60. The van der Waals surface area contributed by atoms with Crippen LogP contribution in [0.3, 0.4) is 0 Å². The predicted octanol–water partition coefficient (Wildman–Crippen LogP) is 5.92. The van der Waals surface area contributed by atoms with Crippen molar-refractivity contribution in [3.8, 4) is 5.75 Å². The monoisotopic (exact) mass is 572 g/mol. The number of nitrogens with zero attached hydrogens (tertiary/aromatic N) is 2. The molecule has 0 saturated carbocycles. The van der Waals surface area contributed by atoms with Gasteiger partial charge in [-0.2, -0.15) is 17.5 Å². The summed E-state index contributed by atoms with van der Waals surface area (Å²) in [5.74, 6) is 0.494. The first-order valence-corrected chi connectivity index (χ1v) is 14.6. The Bertz CT molecular complexity index is 1270. The van der Waals surface area contributed by atoms with Crippen LogP contribution in [-0.4, -0.2) is 56.3 Å². The fraction of sp³-hybridized carbons (Fsp3) is 0.519. The van der Waals surface area contributed by atoms with Gasteiger partial charge in [0, 0.05) is 43.0 Å². The molecule has 1 amide bonds. The van der Waals surface area contributed by atoms with Crippen molar-refractivity contribution in [3.63, 3.8) is 0 Å². The number of halogens is 4. The second-order valence-corrected chi connectivity index (χ2v) is 12.6. The van der Waals surface area contributed by atoms with Crippen molar-refractivity contribution in [2.45, 2.75) is 56.5 Å². The molecule has 0 spiro atoms. The molecule has 2 fully saturated rings. The Morgan fingerprint density at radius 2 is 1.79 bits per heavy atom. The summed E-state index contributed by atoms with van der Waals surface area (Å²) >= 11 is 6.13. The first kappa shape index (κ1) is 28.7. The van der Waals surface area contributed by atoms with E-state index in [1.54, 1.807) is 18.2 Å². The van der Waals surface area contributed by atoms with E-state index in [0.29, 0.717) is 42.8 Å². The van der Waals surface area contributed by atoms with Crippen LogP contribution in [0.15, 0.2) is 47.4 Å². The molecule has 38 heavy (non-hydrogen) atoms. The summed E-state index contributed by atoms with van der Waals surface area (Å²) in [6.45, 7) is 3.38. The topological polar surface area (TPSA) is 66.9 Å². The van der Waals surface area contributed by atoms with Crippen molar-refractivity contribution >= 4 is 27.5 Å². The quantitative estimate of drug-likeness (QED) is 0.413. The van der Waals surface area contributed by atoms with Crippen LogP contribution in [0.25, 0.3) is 0 Å². The maximum absolute atomic E-state index is 13.5. The highest BCUT2D eigenvalue weighted by Gasteiger charge is 2.43. The van der Waals surface area contributed by atoms with Crippen LogP contribution < -0.4 is 4.74 Å². The molecule has 208 valence electrons. The highest BCUT2D eigenvalue weighted by atomic mass is 35.5. The SMILES string of the molecule is Cc1cc(OCC2(CC(=O)N3CCCCC3)CCCN(S(=O)(=O)c3cccc(C(F)(F)F)c3)C2)ccc1Cl. The number of likely N-dealkylation sites (tertiary alicyclic amines) is 1. The molecule has 2 aliphatic rings. The molecule has 2 saturated heterocycles. The zero-order valence-corrected chi connectivity index (χ0v) is 22.8. The maximum Gasteiger partial charge on any atom is 0.416 e. The van der Waals surface area contributed by atoms with Gasteiger partial charge in [-0.1, -0.05) is 17.7 Å². The summed E-state index contributed by atoms with van der Waals surface area (Å²) < 4.78 is 74.2. The minimum absolute atomic E-state index is 0.0300. The van der Waals surface area contributed by atoms with Gasteiger partial charge >= 0.3 is 6.18 Å². The van der Waals surface area contributed by atoms with E-state index in [0.717, 1.165) is 37.0 Å². The average Bonchev–Trinajstić information content (AvgIpc) is 2.89. The Morgan fingerprint density at radius 3 is 2.47 bits per heavy atom. The molecule has 4 rings (SSSR count). The molecule has 1 unspecified atom stereocenters. The molecule has 6 nitrogen and oxygen atoms in total. The number of rotatable bonds is 7. The molecule has 2 aromatic carbocycles. The second kappa shape index (κ2) is 11.4. The first-order chi connectivity index (χ1) is 17.9. The lowest BCUT2D eigenvalue weighted by molar-refractivity contribution is -0.138. The van der Waals surface area contributed by atoms with Crippen LogP contribution >= 0.6 is 11.6 Å². The van der Waals surface area contributed by atoms with Crippen LogP contribution in [0.5, 0.6) is 5.75 Å². The number of benzene rings is 2. The summed E-state index contributed by atoms with van der Waals surface area (Å²) in [7, 11) is -4.24. The summed E-state index contributed by atoms with van der Waals surface area (Å²) in [6.07, 6.45) is -0.652. The highest BCUT2D eigenvalue weighted by molar-refractivity contribution is 7.89. The summed E-state index contributed by atoms with van der Waals surface area (Å²) in [5, 5.41) is 0.586. The Balaban J connectivity index is 1.61. The van der Waals surface area contributed by atoms with E-state index < -0.39 is 32.1 Å². The minimum atomic E-state index is -4.66. The van der Waals surface area contributed by atoms with Crippen LogP contribution in [0.2, 0.25) is 5.02 Å². The smallest absolute Gasteiger partial charge is 0.416 e. The van der Waals surface area contributed by atoms with Gasteiger partial charge in [0.15, 0.2) is 0 Å². The van der Waals surface area contributed by atoms with Gasteiger partial charge in [-0.05, 0) is 81.0 Å². The number of aryl methyl sites for hydroxylation is 1. The zero-order chi connectivity index (χ0) is 27.6. The van der Waals surface area contributed by atoms with Crippen LogP contribution in [0.1, 0.15) is 49.7 Å². The van der Waals surface area contributed by atoms with E-state index in [-0.39, 0.29) is 32.0 Å². The molecule has 1 atom stereocenters. The minimum Gasteiger partial charge on any atom is -0.493 e. The number of amides is 1. The van der Waals surface area contributed by atoms with Gasteiger partial charge in [-0.25, -0.2) is 8.42 Å². The molecule has 11 heteroatoms. The van der Waals surface area contributed by atoms with Crippen molar-refractivity contribution in [2.75, 3.05) is 32.8 Å². The van der Waals surface area contributed by atoms with Crippen molar-refractivity contribution < 1.29 is 31.1 Å². The van der Waals surface area contributed by atoms with Gasteiger partial charge in [0.1, 0.15) is 5.75 Å². The molecular weight excluding hydrogens is 541 g/mol. The van der Waals surface area contributed by atoms with E-state index >= 15 is 0 Å². The molecule has 2 aliphatic heterocycles. The number of ether oxygens (including phenoxy) is 1. The van der Waals surface area contributed by atoms with Gasteiger partial charge in [0.05, 0.1) is 17.1 Å². The lowest BCUT2D eigenvalue weighted by Crippen LogP contribution is -2.51. The van der Waals surface area contributed by atoms with E-state index in [2.05, 4.69) is 0 Å². The summed E-state index contributed by atoms with van der Waals surface area (Å²) in [6, 6.07) is 8.99. The number of alkyl halides is 3. The van der Waals surface area contributed by atoms with Gasteiger partial charge < -0.3 is 9.64 Å². The third-order valence-electron chi connectivity index (χ3n) is 7.33.